The average molecular weight is 268 g/mol. The normalized spacial score (nSPS) is 21.7. The largest absolute Gasteiger partial charge is 0.480 e. The van der Waals surface area contributed by atoms with Crippen LogP contribution in [0.4, 0.5) is 4.79 Å². The molecule has 2 amide bonds. The Balaban J connectivity index is 1.72. The number of nitrogens with one attached hydrogen (secondary N) is 2. The van der Waals surface area contributed by atoms with Crippen LogP contribution < -0.4 is 10.6 Å². The first-order valence-corrected chi connectivity index (χ1v) is 7.42. The first kappa shape index (κ1) is 14.2. The van der Waals surface area contributed by atoms with Gasteiger partial charge in [-0.1, -0.05) is 32.1 Å². The van der Waals surface area contributed by atoms with Crippen LogP contribution in [-0.2, 0) is 4.79 Å². The van der Waals surface area contributed by atoms with Crippen molar-refractivity contribution in [1.82, 2.24) is 10.6 Å². The van der Waals surface area contributed by atoms with Crippen LogP contribution in [0.25, 0.3) is 0 Å². The van der Waals surface area contributed by atoms with Crippen LogP contribution in [0.1, 0.15) is 57.8 Å². The number of carboxylic acids is 1. The lowest BCUT2D eigenvalue weighted by Gasteiger charge is -2.33. The standard InChI is InChI=1S/C14H24N2O3/c17-12(18)14(8-2-1-3-9-14)16-13(19)15-10-4-5-11-6-7-11/h11H,1-10H2,(H,17,18)(H2,15,16,19). The SMILES string of the molecule is O=C(NCCCC1CC1)NC1(C(=O)O)CCCCC1. The number of amides is 2. The highest BCUT2D eigenvalue weighted by atomic mass is 16.4. The minimum Gasteiger partial charge on any atom is -0.480 e. The molecule has 2 fully saturated rings. The molecular formula is C14H24N2O3. The van der Waals surface area contributed by atoms with Crippen molar-refractivity contribution >= 4 is 12.0 Å². The highest BCUT2D eigenvalue weighted by molar-refractivity contribution is 5.86. The fraction of sp³-hybridized carbons (Fsp3) is 0.857. The maximum atomic E-state index is 11.8. The van der Waals surface area contributed by atoms with Gasteiger partial charge >= 0.3 is 12.0 Å². The summed E-state index contributed by atoms with van der Waals surface area (Å²) >= 11 is 0. The van der Waals surface area contributed by atoms with Gasteiger partial charge in [0.2, 0.25) is 0 Å². The van der Waals surface area contributed by atoms with E-state index in [1.165, 1.54) is 19.3 Å². The second-order valence-electron chi connectivity index (χ2n) is 5.91. The molecule has 108 valence electrons. The topological polar surface area (TPSA) is 78.4 Å². The lowest BCUT2D eigenvalue weighted by atomic mass is 9.82. The van der Waals surface area contributed by atoms with E-state index in [9.17, 15) is 14.7 Å². The zero-order valence-corrected chi connectivity index (χ0v) is 11.4. The third-order valence-corrected chi connectivity index (χ3v) is 4.24. The minimum atomic E-state index is -1.04. The Kier molecular flexibility index (Phi) is 4.66. The number of carbonyl (C=O) groups is 2. The molecule has 5 heteroatoms. The molecule has 0 atom stereocenters. The second kappa shape index (κ2) is 6.26. The van der Waals surface area contributed by atoms with E-state index in [1.54, 1.807) is 0 Å². The Labute approximate surface area is 114 Å². The van der Waals surface area contributed by atoms with E-state index >= 15 is 0 Å². The quantitative estimate of drug-likeness (QED) is 0.647. The monoisotopic (exact) mass is 268 g/mol. The molecule has 0 heterocycles. The number of urea groups is 1. The molecule has 0 saturated heterocycles. The van der Waals surface area contributed by atoms with Gasteiger partial charge in [0, 0.05) is 6.54 Å². The number of hydrogen-bond donors (Lipinski definition) is 3. The van der Waals surface area contributed by atoms with Crippen molar-refractivity contribution in [2.75, 3.05) is 6.54 Å². The molecule has 2 rings (SSSR count). The van der Waals surface area contributed by atoms with Crippen LogP contribution in [0.5, 0.6) is 0 Å². The Morgan fingerprint density at radius 1 is 1.16 bits per heavy atom. The molecule has 0 unspecified atom stereocenters. The molecular weight excluding hydrogens is 244 g/mol. The van der Waals surface area contributed by atoms with Gasteiger partial charge in [0.1, 0.15) is 5.54 Å². The summed E-state index contributed by atoms with van der Waals surface area (Å²) in [5.74, 6) is -0.0334. The first-order chi connectivity index (χ1) is 9.12. The van der Waals surface area contributed by atoms with Crippen molar-refractivity contribution in [1.29, 1.82) is 0 Å². The molecule has 19 heavy (non-hydrogen) atoms. The van der Waals surface area contributed by atoms with Gasteiger partial charge in [0.05, 0.1) is 0 Å². The lowest BCUT2D eigenvalue weighted by Crippen LogP contribution is -2.58. The number of hydrogen-bond acceptors (Lipinski definition) is 2. The third kappa shape index (κ3) is 4.11. The molecule has 2 saturated carbocycles. The molecule has 0 radical (unpaired) electrons. The van der Waals surface area contributed by atoms with Crippen LogP contribution >= 0.6 is 0 Å². The number of aliphatic carboxylic acids is 1. The summed E-state index contributed by atoms with van der Waals surface area (Å²) in [4.78, 5) is 23.2. The van der Waals surface area contributed by atoms with Gasteiger partial charge in [-0.2, -0.15) is 0 Å². The fourth-order valence-electron chi connectivity index (χ4n) is 2.81. The van der Waals surface area contributed by atoms with E-state index in [4.69, 9.17) is 0 Å². The smallest absolute Gasteiger partial charge is 0.329 e. The fourth-order valence-corrected chi connectivity index (χ4v) is 2.81. The van der Waals surface area contributed by atoms with E-state index < -0.39 is 11.5 Å². The summed E-state index contributed by atoms with van der Waals surface area (Å²) in [5.41, 5.74) is -1.04. The van der Waals surface area contributed by atoms with Crippen molar-refractivity contribution in [3.8, 4) is 0 Å². The Morgan fingerprint density at radius 3 is 2.42 bits per heavy atom. The maximum absolute atomic E-state index is 11.8. The first-order valence-electron chi connectivity index (χ1n) is 7.42. The number of rotatable bonds is 6. The van der Waals surface area contributed by atoms with Gasteiger partial charge in [-0.15, -0.1) is 0 Å². The zero-order valence-electron chi connectivity index (χ0n) is 11.4. The second-order valence-corrected chi connectivity index (χ2v) is 5.91. The highest BCUT2D eigenvalue weighted by Gasteiger charge is 2.40. The van der Waals surface area contributed by atoms with Gasteiger partial charge in [0.15, 0.2) is 0 Å². The van der Waals surface area contributed by atoms with E-state index in [1.807, 2.05) is 0 Å². The Bertz CT molecular complexity index is 334. The van der Waals surface area contributed by atoms with Gasteiger partial charge in [0.25, 0.3) is 0 Å². The van der Waals surface area contributed by atoms with Gasteiger partial charge < -0.3 is 15.7 Å². The highest BCUT2D eigenvalue weighted by Crippen LogP contribution is 2.33. The van der Waals surface area contributed by atoms with Gasteiger partial charge in [-0.25, -0.2) is 9.59 Å². The van der Waals surface area contributed by atoms with Crippen molar-refractivity contribution < 1.29 is 14.7 Å². The van der Waals surface area contributed by atoms with Crippen molar-refractivity contribution in [2.24, 2.45) is 5.92 Å². The molecule has 5 nitrogen and oxygen atoms in total. The summed E-state index contributed by atoms with van der Waals surface area (Å²) in [6.07, 6.45) is 8.68. The van der Waals surface area contributed by atoms with Crippen LogP contribution in [0.2, 0.25) is 0 Å². The van der Waals surface area contributed by atoms with Crippen molar-refractivity contribution in [3.63, 3.8) is 0 Å². The lowest BCUT2D eigenvalue weighted by molar-refractivity contribution is -0.145. The predicted molar refractivity (Wildman–Crippen MR) is 71.9 cm³/mol. The van der Waals surface area contributed by atoms with E-state index in [0.29, 0.717) is 19.4 Å². The van der Waals surface area contributed by atoms with Crippen molar-refractivity contribution in [3.05, 3.63) is 0 Å². The van der Waals surface area contributed by atoms with Crippen LogP contribution in [-0.4, -0.2) is 29.2 Å². The van der Waals surface area contributed by atoms with E-state index in [0.717, 1.165) is 31.6 Å². The maximum Gasteiger partial charge on any atom is 0.329 e. The zero-order chi connectivity index (χ0) is 13.7. The van der Waals surface area contributed by atoms with E-state index in [2.05, 4.69) is 10.6 Å². The summed E-state index contributed by atoms with van der Waals surface area (Å²) in [6, 6.07) is -0.333. The van der Waals surface area contributed by atoms with Crippen LogP contribution in [0.15, 0.2) is 0 Å². The summed E-state index contributed by atoms with van der Waals surface area (Å²) < 4.78 is 0. The summed E-state index contributed by atoms with van der Waals surface area (Å²) in [6.45, 7) is 0.637. The Hall–Kier alpha value is -1.26. The number of carboxylic acid groups (broad SMARTS) is 1. The summed E-state index contributed by atoms with van der Waals surface area (Å²) in [5, 5.41) is 14.8. The van der Waals surface area contributed by atoms with Crippen molar-refractivity contribution in [2.45, 2.75) is 63.3 Å². The molecule has 0 spiro atoms. The number of carbonyl (C=O) groups excluding carboxylic acids is 1. The molecule has 0 aliphatic heterocycles. The summed E-state index contributed by atoms with van der Waals surface area (Å²) in [7, 11) is 0. The molecule has 3 N–H and O–H groups in total. The van der Waals surface area contributed by atoms with Gasteiger partial charge in [-0.3, -0.25) is 0 Å². The molecule has 0 aromatic carbocycles. The van der Waals surface area contributed by atoms with Gasteiger partial charge in [-0.05, 0) is 31.6 Å². The molecule has 0 aromatic heterocycles. The van der Waals surface area contributed by atoms with E-state index in [-0.39, 0.29) is 6.03 Å². The predicted octanol–water partition coefficient (Wildman–Crippen LogP) is 2.26. The average Bonchev–Trinajstić information content (AvgIpc) is 3.20. The van der Waals surface area contributed by atoms with Crippen LogP contribution in [0, 0.1) is 5.92 Å². The molecule has 2 aliphatic carbocycles. The minimum absolute atomic E-state index is 0.333. The van der Waals surface area contributed by atoms with Crippen LogP contribution in [0.3, 0.4) is 0 Å². The molecule has 0 bridgehead atoms. The third-order valence-electron chi connectivity index (χ3n) is 4.24. The Morgan fingerprint density at radius 2 is 1.84 bits per heavy atom. The molecule has 2 aliphatic rings. The molecule has 0 aromatic rings.